The van der Waals surface area contributed by atoms with Crippen molar-refractivity contribution in [2.45, 2.75) is 25.2 Å². The fourth-order valence-corrected chi connectivity index (χ4v) is 5.21. The molecule has 3 heterocycles. The van der Waals surface area contributed by atoms with Gasteiger partial charge in [0.2, 0.25) is 0 Å². The predicted octanol–water partition coefficient (Wildman–Crippen LogP) is 3.72. The van der Waals surface area contributed by atoms with Gasteiger partial charge < -0.3 is 20.3 Å². The van der Waals surface area contributed by atoms with Crippen LogP contribution in [0.2, 0.25) is 0 Å². The molecule has 0 radical (unpaired) electrons. The Morgan fingerprint density at radius 1 is 1.25 bits per heavy atom. The number of amides is 3. The normalized spacial score (nSPS) is 17.7. The van der Waals surface area contributed by atoms with Crippen molar-refractivity contribution in [1.29, 1.82) is 0 Å². The number of thiazole rings is 1. The molecule has 0 atom stereocenters. The number of alkyl halides is 3. The molecule has 168 valence electrons. The van der Waals surface area contributed by atoms with Crippen LogP contribution in [0, 0.1) is 5.41 Å². The Hall–Kier alpha value is -3.28. The first-order valence-corrected chi connectivity index (χ1v) is 10.7. The molecule has 1 aliphatic heterocycles. The summed E-state index contributed by atoms with van der Waals surface area (Å²) in [6.45, 7) is 1.26. The molecule has 2 aromatic heterocycles. The van der Waals surface area contributed by atoms with Gasteiger partial charge in [0.05, 0.1) is 11.8 Å². The average Bonchev–Trinajstić information content (AvgIpc) is 3.24. The molecular formula is C20H18F3N5O3S. The molecule has 32 heavy (non-hydrogen) atoms. The highest BCUT2D eigenvalue weighted by Gasteiger charge is 2.54. The van der Waals surface area contributed by atoms with Crippen LogP contribution in [0.15, 0.2) is 42.0 Å². The largest absolute Gasteiger partial charge is 0.573 e. The van der Waals surface area contributed by atoms with Crippen LogP contribution in [0.1, 0.15) is 23.2 Å². The second kappa shape index (κ2) is 7.40. The van der Waals surface area contributed by atoms with Crippen molar-refractivity contribution >= 4 is 33.8 Å². The molecule has 5 rings (SSSR count). The van der Waals surface area contributed by atoms with Crippen LogP contribution in [0.5, 0.6) is 5.75 Å². The number of nitrogens with one attached hydrogen (secondary N) is 2. The molecule has 2 N–H and O–H groups in total. The summed E-state index contributed by atoms with van der Waals surface area (Å²) in [4.78, 5) is 27.5. The van der Waals surface area contributed by atoms with Gasteiger partial charge in [0.1, 0.15) is 10.6 Å². The lowest BCUT2D eigenvalue weighted by molar-refractivity contribution is -0.274. The van der Waals surface area contributed by atoms with Crippen molar-refractivity contribution in [2.75, 3.05) is 18.4 Å². The van der Waals surface area contributed by atoms with Crippen LogP contribution >= 0.6 is 11.3 Å². The maximum absolute atomic E-state index is 12.7. The van der Waals surface area contributed by atoms with E-state index in [0.29, 0.717) is 18.7 Å². The van der Waals surface area contributed by atoms with E-state index in [4.69, 9.17) is 0 Å². The van der Waals surface area contributed by atoms with Gasteiger partial charge in [-0.2, -0.15) is 5.10 Å². The summed E-state index contributed by atoms with van der Waals surface area (Å²) in [7, 11) is 0. The molecule has 1 saturated carbocycles. The van der Waals surface area contributed by atoms with Crippen LogP contribution in [0.4, 0.5) is 23.7 Å². The summed E-state index contributed by atoms with van der Waals surface area (Å²) in [5.41, 5.74) is 0.801. The molecule has 3 amide bonds. The zero-order chi connectivity index (χ0) is 22.5. The number of hydrogen-bond acceptors (Lipinski definition) is 5. The second-order valence-electron chi connectivity index (χ2n) is 8.15. The summed E-state index contributed by atoms with van der Waals surface area (Å²) in [5, 5.41) is 11.4. The Morgan fingerprint density at radius 3 is 2.78 bits per heavy atom. The van der Waals surface area contributed by atoms with Crippen molar-refractivity contribution in [3.63, 3.8) is 0 Å². The Morgan fingerprint density at radius 2 is 2.03 bits per heavy atom. The van der Waals surface area contributed by atoms with Crippen molar-refractivity contribution in [3.05, 3.63) is 47.6 Å². The van der Waals surface area contributed by atoms with E-state index in [9.17, 15) is 22.8 Å². The Balaban J connectivity index is 1.09. The number of rotatable bonds is 4. The maximum atomic E-state index is 12.7. The van der Waals surface area contributed by atoms with E-state index in [-0.39, 0.29) is 23.1 Å². The number of ether oxygens (including phenoxy) is 1. The van der Waals surface area contributed by atoms with Gasteiger partial charge in [0.25, 0.3) is 5.91 Å². The highest BCUT2D eigenvalue weighted by molar-refractivity contribution is 7.15. The summed E-state index contributed by atoms with van der Waals surface area (Å²) < 4.78 is 42.5. The molecule has 0 bridgehead atoms. The van der Waals surface area contributed by atoms with E-state index >= 15 is 0 Å². The minimum absolute atomic E-state index is 0.00972. The SMILES string of the molecule is O=C(Nc1cccc(OC(F)(F)F)c1)NC1CC2(C1)CN(C(=O)c1cnn3ccsc13)C2. The molecule has 1 saturated heterocycles. The molecule has 1 aromatic carbocycles. The van der Waals surface area contributed by atoms with E-state index < -0.39 is 18.1 Å². The van der Waals surface area contributed by atoms with E-state index in [1.807, 2.05) is 5.38 Å². The number of hydrogen-bond donors (Lipinski definition) is 2. The van der Waals surface area contributed by atoms with Crippen LogP contribution in [0.25, 0.3) is 4.83 Å². The van der Waals surface area contributed by atoms with Crippen LogP contribution in [0.3, 0.4) is 0 Å². The lowest BCUT2D eigenvalue weighted by Crippen LogP contribution is -2.67. The van der Waals surface area contributed by atoms with Crippen molar-refractivity contribution in [1.82, 2.24) is 19.8 Å². The van der Waals surface area contributed by atoms with Gasteiger partial charge in [-0.05, 0) is 25.0 Å². The zero-order valence-electron chi connectivity index (χ0n) is 16.6. The van der Waals surface area contributed by atoms with Crippen molar-refractivity contribution in [2.24, 2.45) is 5.41 Å². The number of urea groups is 1. The van der Waals surface area contributed by atoms with Crippen molar-refractivity contribution in [3.8, 4) is 5.75 Å². The maximum Gasteiger partial charge on any atom is 0.573 e. The van der Waals surface area contributed by atoms with E-state index in [1.54, 1.807) is 21.8 Å². The number of nitrogens with zero attached hydrogens (tertiary/aromatic N) is 3. The quantitative estimate of drug-likeness (QED) is 0.615. The first-order valence-electron chi connectivity index (χ1n) is 9.83. The van der Waals surface area contributed by atoms with Gasteiger partial charge in [-0.25, -0.2) is 9.31 Å². The summed E-state index contributed by atoms with van der Waals surface area (Å²) in [5.74, 6) is -0.446. The first kappa shape index (κ1) is 20.6. The van der Waals surface area contributed by atoms with Crippen LogP contribution in [-0.2, 0) is 0 Å². The topological polar surface area (TPSA) is 88.0 Å². The molecule has 1 aliphatic carbocycles. The highest BCUT2D eigenvalue weighted by atomic mass is 32.1. The van der Waals surface area contributed by atoms with Gasteiger partial charge in [-0.1, -0.05) is 6.07 Å². The zero-order valence-corrected chi connectivity index (χ0v) is 17.4. The number of fused-ring (bicyclic) bond motifs is 1. The number of aromatic nitrogens is 2. The van der Waals surface area contributed by atoms with E-state index in [2.05, 4.69) is 20.5 Å². The number of anilines is 1. The molecule has 0 unspecified atom stereocenters. The third-order valence-corrected chi connectivity index (χ3v) is 6.61. The lowest BCUT2D eigenvalue weighted by atomic mass is 9.60. The Labute approximate surface area is 184 Å². The third-order valence-electron chi connectivity index (χ3n) is 5.72. The highest BCUT2D eigenvalue weighted by Crippen LogP contribution is 2.48. The molecular weight excluding hydrogens is 447 g/mol. The summed E-state index contributed by atoms with van der Waals surface area (Å²) >= 11 is 1.47. The fraction of sp³-hybridized carbons (Fsp3) is 0.350. The standard InChI is InChI=1S/C20H18F3N5O3S/c21-20(22,23)31-14-3-1-2-12(6-14)25-18(30)26-13-7-19(8-13)10-27(11-19)16(29)15-9-24-28-4-5-32-17(15)28/h1-6,9,13H,7-8,10-11H2,(H2,25,26,30). The monoisotopic (exact) mass is 465 g/mol. The first-order chi connectivity index (χ1) is 15.2. The number of carbonyl (C=O) groups is 2. The lowest BCUT2D eigenvalue weighted by Gasteiger charge is -2.58. The third kappa shape index (κ3) is 3.97. The number of benzene rings is 1. The Kier molecular flexibility index (Phi) is 4.77. The average molecular weight is 465 g/mol. The molecule has 2 fully saturated rings. The van der Waals surface area contributed by atoms with Crippen molar-refractivity contribution < 1.29 is 27.5 Å². The van der Waals surface area contributed by atoms with Gasteiger partial charge in [-0.15, -0.1) is 24.5 Å². The number of likely N-dealkylation sites (tertiary alicyclic amines) is 1. The fourth-order valence-electron chi connectivity index (χ4n) is 4.42. The van der Waals surface area contributed by atoms with Gasteiger partial charge in [-0.3, -0.25) is 4.79 Å². The van der Waals surface area contributed by atoms with Crippen LogP contribution < -0.4 is 15.4 Å². The Bertz CT molecular complexity index is 1180. The van der Waals surface area contributed by atoms with Crippen LogP contribution in [-0.4, -0.2) is 51.9 Å². The van der Waals surface area contributed by atoms with E-state index in [0.717, 1.165) is 29.8 Å². The smallest absolute Gasteiger partial charge is 0.406 e. The molecule has 2 aliphatic rings. The second-order valence-corrected chi connectivity index (χ2v) is 9.05. The summed E-state index contributed by atoms with van der Waals surface area (Å²) in [6.07, 6.45) is 0.0748. The summed E-state index contributed by atoms with van der Waals surface area (Å²) in [6, 6.07) is 4.54. The van der Waals surface area contributed by atoms with Gasteiger partial charge >= 0.3 is 12.4 Å². The minimum Gasteiger partial charge on any atom is -0.406 e. The van der Waals surface area contributed by atoms with Gasteiger partial charge in [0, 0.05) is 47.9 Å². The molecule has 12 heteroatoms. The number of halogens is 3. The van der Waals surface area contributed by atoms with Gasteiger partial charge in [0.15, 0.2) is 0 Å². The number of carbonyl (C=O) groups excluding carboxylic acids is 2. The molecule has 8 nitrogen and oxygen atoms in total. The molecule has 1 spiro atoms. The van der Waals surface area contributed by atoms with E-state index in [1.165, 1.54) is 23.5 Å². The predicted molar refractivity (Wildman–Crippen MR) is 110 cm³/mol. The molecule has 3 aromatic rings. The minimum atomic E-state index is -4.80.